The molecule has 0 spiro atoms. The predicted octanol–water partition coefficient (Wildman–Crippen LogP) is 4.39. The van der Waals surface area contributed by atoms with Crippen LogP contribution < -0.4 is 10.6 Å². The van der Waals surface area contributed by atoms with Gasteiger partial charge in [-0.05, 0) is 52.5 Å². The molecule has 0 heterocycles. The lowest BCUT2D eigenvalue weighted by Gasteiger charge is -2.12. The largest absolute Gasteiger partial charge is 0.334 e. The maximum Gasteiger partial charge on any atom is 0.319 e. The van der Waals surface area contributed by atoms with Crippen LogP contribution in [0, 0.1) is 13.8 Å². The van der Waals surface area contributed by atoms with Gasteiger partial charge in [0.25, 0.3) is 0 Å². The minimum Gasteiger partial charge on any atom is -0.334 e. The van der Waals surface area contributed by atoms with E-state index in [-0.39, 0.29) is 6.03 Å². The van der Waals surface area contributed by atoms with Crippen LogP contribution in [0.3, 0.4) is 0 Å². The average molecular weight is 333 g/mol. The molecule has 0 saturated heterocycles. The molecule has 0 aromatic heterocycles. The SMILES string of the molecule is Cc1cc(C)c(NC(=O)NCc2ccccc2)c(Br)c1. The Morgan fingerprint density at radius 1 is 1.15 bits per heavy atom. The summed E-state index contributed by atoms with van der Waals surface area (Å²) in [5, 5.41) is 5.72. The number of aryl methyl sites for hydroxylation is 2. The highest BCUT2D eigenvalue weighted by Gasteiger charge is 2.08. The van der Waals surface area contributed by atoms with Crippen molar-refractivity contribution in [1.82, 2.24) is 5.32 Å². The van der Waals surface area contributed by atoms with Crippen LogP contribution in [0.2, 0.25) is 0 Å². The molecule has 0 saturated carbocycles. The Hall–Kier alpha value is -1.81. The van der Waals surface area contributed by atoms with Crippen LogP contribution in [0.1, 0.15) is 16.7 Å². The van der Waals surface area contributed by atoms with E-state index >= 15 is 0 Å². The first kappa shape index (κ1) is 14.6. The summed E-state index contributed by atoms with van der Waals surface area (Å²) in [5.41, 5.74) is 4.07. The van der Waals surface area contributed by atoms with E-state index in [0.717, 1.165) is 26.9 Å². The van der Waals surface area contributed by atoms with Crippen LogP contribution in [-0.4, -0.2) is 6.03 Å². The van der Waals surface area contributed by atoms with E-state index in [1.807, 2.05) is 56.3 Å². The Morgan fingerprint density at radius 2 is 1.85 bits per heavy atom. The Labute approximate surface area is 127 Å². The van der Waals surface area contributed by atoms with Gasteiger partial charge >= 0.3 is 6.03 Å². The number of amides is 2. The van der Waals surface area contributed by atoms with Crippen molar-refractivity contribution < 1.29 is 4.79 Å². The fraction of sp³-hybridized carbons (Fsp3) is 0.188. The molecule has 2 aromatic rings. The third-order valence-corrected chi connectivity index (χ3v) is 3.59. The van der Waals surface area contributed by atoms with Gasteiger partial charge in [0.1, 0.15) is 0 Å². The van der Waals surface area contributed by atoms with Crippen molar-refractivity contribution in [1.29, 1.82) is 0 Å². The second kappa shape index (κ2) is 6.57. The maximum atomic E-state index is 11.9. The van der Waals surface area contributed by atoms with Crippen molar-refractivity contribution in [3.8, 4) is 0 Å². The minimum absolute atomic E-state index is 0.207. The topological polar surface area (TPSA) is 41.1 Å². The van der Waals surface area contributed by atoms with Gasteiger partial charge < -0.3 is 10.6 Å². The van der Waals surface area contributed by atoms with E-state index in [9.17, 15) is 4.79 Å². The smallest absolute Gasteiger partial charge is 0.319 e. The van der Waals surface area contributed by atoms with E-state index in [1.165, 1.54) is 0 Å². The van der Waals surface area contributed by atoms with E-state index in [4.69, 9.17) is 0 Å². The molecular weight excluding hydrogens is 316 g/mol. The lowest BCUT2D eigenvalue weighted by atomic mass is 10.1. The number of benzene rings is 2. The highest BCUT2D eigenvalue weighted by molar-refractivity contribution is 9.10. The van der Waals surface area contributed by atoms with Gasteiger partial charge in [-0.15, -0.1) is 0 Å². The number of urea groups is 1. The molecule has 0 aliphatic carbocycles. The van der Waals surface area contributed by atoms with E-state index in [0.29, 0.717) is 6.54 Å². The molecule has 0 fully saturated rings. The van der Waals surface area contributed by atoms with Crippen molar-refractivity contribution in [3.05, 3.63) is 63.6 Å². The lowest BCUT2D eigenvalue weighted by molar-refractivity contribution is 0.251. The van der Waals surface area contributed by atoms with E-state index in [2.05, 4.69) is 26.6 Å². The second-order valence-electron chi connectivity index (χ2n) is 4.73. The molecule has 0 atom stereocenters. The zero-order chi connectivity index (χ0) is 14.5. The lowest BCUT2D eigenvalue weighted by Crippen LogP contribution is -2.28. The first-order valence-electron chi connectivity index (χ1n) is 6.42. The monoisotopic (exact) mass is 332 g/mol. The molecule has 2 N–H and O–H groups in total. The Kier molecular flexibility index (Phi) is 4.79. The van der Waals surface area contributed by atoms with Gasteiger partial charge in [-0.3, -0.25) is 0 Å². The van der Waals surface area contributed by atoms with E-state index < -0.39 is 0 Å². The molecule has 0 bridgehead atoms. The predicted molar refractivity (Wildman–Crippen MR) is 85.9 cm³/mol. The Balaban J connectivity index is 1.98. The molecule has 3 nitrogen and oxygen atoms in total. The fourth-order valence-corrected chi connectivity index (χ4v) is 2.78. The van der Waals surface area contributed by atoms with Crippen LogP contribution in [-0.2, 0) is 6.54 Å². The van der Waals surface area contributed by atoms with Crippen molar-refractivity contribution in [2.45, 2.75) is 20.4 Å². The van der Waals surface area contributed by atoms with Crippen molar-refractivity contribution >= 4 is 27.6 Å². The summed E-state index contributed by atoms with van der Waals surface area (Å²) in [7, 11) is 0. The minimum atomic E-state index is -0.207. The van der Waals surface area contributed by atoms with Crippen LogP contribution in [0.5, 0.6) is 0 Å². The molecule has 0 unspecified atom stereocenters. The first-order valence-corrected chi connectivity index (χ1v) is 7.21. The number of nitrogens with one attached hydrogen (secondary N) is 2. The maximum absolute atomic E-state index is 11.9. The molecule has 4 heteroatoms. The number of halogens is 1. The van der Waals surface area contributed by atoms with Crippen LogP contribution >= 0.6 is 15.9 Å². The molecule has 0 aliphatic rings. The molecule has 20 heavy (non-hydrogen) atoms. The first-order chi connectivity index (χ1) is 9.56. The zero-order valence-corrected chi connectivity index (χ0v) is 13.1. The van der Waals surface area contributed by atoms with Gasteiger partial charge in [0.15, 0.2) is 0 Å². The number of anilines is 1. The number of hydrogen-bond donors (Lipinski definition) is 2. The number of carbonyl (C=O) groups excluding carboxylic acids is 1. The summed E-state index contributed by atoms with van der Waals surface area (Å²) in [6, 6.07) is 13.6. The molecular formula is C16H17BrN2O. The van der Waals surface area contributed by atoms with E-state index in [1.54, 1.807) is 0 Å². The Bertz CT molecular complexity index is 588. The van der Waals surface area contributed by atoms with Gasteiger partial charge in [0.2, 0.25) is 0 Å². The van der Waals surface area contributed by atoms with Crippen molar-refractivity contribution in [3.63, 3.8) is 0 Å². The average Bonchev–Trinajstić information content (AvgIpc) is 2.42. The summed E-state index contributed by atoms with van der Waals surface area (Å²) in [4.78, 5) is 11.9. The summed E-state index contributed by atoms with van der Waals surface area (Å²) in [6.07, 6.45) is 0. The molecule has 104 valence electrons. The van der Waals surface area contributed by atoms with Gasteiger partial charge in [-0.25, -0.2) is 4.79 Å². The molecule has 2 aromatic carbocycles. The summed E-state index contributed by atoms with van der Waals surface area (Å²) in [6.45, 7) is 4.51. The van der Waals surface area contributed by atoms with Crippen molar-refractivity contribution in [2.24, 2.45) is 0 Å². The number of hydrogen-bond acceptors (Lipinski definition) is 1. The molecule has 0 aliphatic heterocycles. The Morgan fingerprint density at radius 3 is 2.50 bits per heavy atom. The van der Waals surface area contributed by atoms with Crippen LogP contribution in [0.25, 0.3) is 0 Å². The standard InChI is InChI=1S/C16H17BrN2O/c1-11-8-12(2)15(14(17)9-11)19-16(20)18-10-13-6-4-3-5-7-13/h3-9H,10H2,1-2H3,(H2,18,19,20). The third-order valence-electron chi connectivity index (χ3n) is 2.97. The number of rotatable bonds is 3. The summed E-state index contributed by atoms with van der Waals surface area (Å²) >= 11 is 3.48. The highest BCUT2D eigenvalue weighted by Crippen LogP contribution is 2.27. The second-order valence-corrected chi connectivity index (χ2v) is 5.59. The van der Waals surface area contributed by atoms with Gasteiger partial charge in [0, 0.05) is 11.0 Å². The summed E-state index contributed by atoms with van der Waals surface area (Å²) < 4.78 is 0.893. The third kappa shape index (κ3) is 3.84. The molecule has 2 amide bonds. The quantitative estimate of drug-likeness (QED) is 0.859. The fourth-order valence-electron chi connectivity index (χ4n) is 2.01. The van der Waals surface area contributed by atoms with Gasteiger partial charge in [-0.2, -0.15) is 0 Å². The van der Waals surface area contributed by atoms with Gasteiger partial charge in [0.05, 0.1) is 5.69 Å². The molecule has 2 rings (SSSR count). The normalized spacial score (nSPS) is 10.2. The highest BCUT2D eigenvalue weighted by atomic mass is 79.9. The van der Waals surface area contributed by atoms with Crippen molar-refractivity contribution in [2.75, 3.05) is 5.32 Å². The zero-order valence-electron chi connectivity index (χ0n) is 11.5. The van der Waals surface area contributed by atoms with Crippen LogP contribution in [0.4, 0.5) is 10.5 Å². The number of carbonyl (C=O) groups is 1. The van der Waals surface area contributed by atoms with Crippen LogP contribution in [0.15, 0.2) is 46.9 Å². The summed E-state index contributed by atoms with van der Waals surface area (Å²) in [5.74, 6) is 0. The van der Waals surface area contributed by atoms with Gasteiger partial charge in [-0.1, -0.05) is 36.4 Å². The molecule has 0 radical (unpaired) electrons.